The molecule has 1 rings (SSSR count). The number of halogens is 1. The molecule has 1 aromatic rings. The fourth-order valence-electron chi connectivity index (χ4n) is 1.93. The van der Waals surface area contributed by atoms with Crippen LogP contribution in [0.25, 0.3) is 0 Å². The van der Waals surface area contributed by atoms with E-state index in [0.29, 0.717) is 0 Å². The number of ether oxygens (including phenoxy) is 1. The Kier molecular flexibility index (Phi) is 9.72. The Morgan fingerprint density at radius 2 is 1.79 bits per heavy atom. The first-order chi connectivity index (χ1) is 10.7. The van der Waals surface area contributed by atoms with Gasteiger partial charge in [-0.25, -0.2) is 4.79 Å². The van der Waals surface area contributed by atoms with Gasteiger partial charge in [0.25, 0.3) is 0 Å². The minimum atomic E-state index is -0.499. The third-order valence-electron chi connectivity index (χ3n) is 2.93. The number of carbonyl (C=O) groups excluding carboxylic acids is 1. The zero-order valence-electron chi connectivity index (χ0n) is 15.3. The highest BCUT2D eigenvalue weighted by molar-refractivity contribution is 14.0. The lowest BCUT2D eigenvalue weighted by Crippen LogP contribution is -2.37. The number of amides is 1. The van der Waals surface area contributed by atoms with Crippen molar-refractivity contribution in [1.82, 2.24) is 10.2 Å². The molecule has 6 nitrogen and oxygen atoms in total. The molecule has 0 saturated carbocycles. The molecular formula is C17H29IN4O2. The van der Waals surface area contributed by atoms with Crippen molar-refractivity contribution in [3.8, 4) is 0 Å². The third kappa shape index (κ3) is 8.95. The van der Waals surface area contributed by atoms with Crippen LogP contribution in [0.2, 0.25) is 0 Å². The lowest BCUT2D eigenvalue weighted by Gasteiger charge is -2.19. The molecule has 136 valence electrons. The average Bonchev–Trinajstić information content (AvgIpc) is 2.42. The van der Waals surface area contributed by atoms with Crippen molar-refractivity contribution in [3.05, 3.63) is 29.8 Å². The first kappa shape index (κ1) is 22.5. The molecule has 0 fully saturated rings. The Labute approximate surface area is 162 Å². The van der Waals surface area contributed by atoms with Crippen LogP contribution in [0.3, 0.4) is 0 Å². The summed E-state index contributed by atoms with van der Waals surface area (Å²) >= 11 is 0. The quantitative estimate of drug-likeness (QED) is 0.422. The van der Waals surface area contributed by atoms with E-state index >= 15 is 0 Å². The largest absolute Gasteiger partial charge is 0.444 e. The highest BCUT2D eigenvalue weighted by atomic mass is 127. The number of hydrogen-bond acceptors (Lipinski definition) is 3. The van der Waals surface area contributed by atoms with Gasteiger partial charge in [0.2, 0.25) is 0 Å². The summed E-state index contributed by atoms with van der Waals surface area (Å²) in [7, 11) is 5.67. The Morgan fingerprint density at radius 3 is 2.25 bits per heavy atom. The molecule has 0 heterocycles. The van der Waals surface area contributed by atoms with E-state index in [2.05, 4.69) is 15.6 Å². The standard InChI is InChI=1S/C17H28N4O2.HI/c1-17(2,3)23-16(22)20-14-9-7-13(8-10-14)11-12-19-15(18-4)21(5)6;/h7-10H,11-12H2,1-6H3,(H,18,19)(H,20,22);1H. The van der Waals surface area contributed by atoms with E-state index in [4.69, 9.17) is 4.74 Å². The second kappa shape index (κ2) is 10.4. The van der Waals surface area contributed by atoms with Crippen molar-refractivity contribution >= 4 is 41.7 Å². The van der Waals surface area contributed by atoms with E-state index in [1.165, 1.54) is 5.56 Å². The Morgan fingerprint density at radius 1 is 1.21 bits per heavy atom. The van der Waals surface area contributed by atoms with Crippen molar-refractivity contribution in [1.29, 1.82) is 0 Å². The molecule has 0 radical (unpaired) electrons. The van der Waals surface area contributed by atoms with Gasteiger partial charge in [-0.15, -0.1) is 24.0 Å². The zero-order valence-corrected chi connectivity index (χ0v) is 17.7. The number of nitrogens with one attached hydrogen (secondary N) is 2. The molecular weight excluding hydrogens is 419 g/mol. The average molecular weight is 448 g/mol. The number of hydrogen-bond donors (Lipinski definition) is 2. The van der Waals surface area contributed by atoms with Crippen molar-refractivity contribution in [2.75, 3.05) is 33.0 Å². The fourth-order valence-corrected chi connectivity index (χ4v) is 1.93. The summed E-state index contributed by atoms with van der Waals surface area (Å²) in [6, 6.07) is 7.74. The van der Waals surface area contributed by atoms with E-state index in [1.54, 1.807) is 7.05 Å². The van der Waals surface area contributed by atoms with Crippen molar-refractivity contribution in [2.24, 2.45) is 4.99 Å². The van der Waals surface area contributed by atoms with Crippen LogP contribution >= 0.6 is 24.0 Å². The fraction of sp³-hybridized carbons (Fsp3) is 0.529. The lowest BCUT2D eigenvalue weighted by molar-refractivity contribution is 0.0636. The number of aliphatic imine (C=N–C) groups is 1. The highest BCUT2D eigenvalue weighted by Crippen LogP contribution is 2.13. The molecule has 7 heteroatoms. The van der Waals surface area contributed by atoms with Crippen LogP contribution in [0.4, 0.5) is 10.5 Å². The maximum Gasteiger partial charge on any atom is 0.412 e. The minimum Gasteiger partial charge on any atom is -0.444 e. The molecule has 0 aliphatic heterocycles. The summed E-state index contributed by atoms with van der Waals surface area (Å²) in [4.78, 5) is 17.8. The summed E-state index contributed by atoms with van der Waals surface area (Å²) in [5.41, 5.74) is 1.40. The highest BCUT2D eigenvalue weighted by Gasteiger charge is 2.16. The third-order valence-corrected chi connectivity index (χ3v) is 2.93. The number of benzene rings is 1. The van der Waals surface area contributed by atoms with Gasteiger partial charge in [-0.1, -0.05) is 12.1 Å². The summed E-state index contributed by atoms with van der Waals surface area (Å²) in [5.74, 6) is 0.855. The molecule has 0 atom stereocenters. The van der Waals surface area contributed by atoms with Crippen molar-refractivity contribution in [3.63, 3.8) is 0 Å². The molecule has 0 spiro atoms. The molecule has 0 aliphatic rings. The molecule has 0 saturated heterocycles. The molecule has 24 heavy (non-hydrogen) atoms. The summed E-state index contributed by atoms with van der Waals surface area (Å²) in [6.07, 6.45) is 0.432. The molecule has 0 unspecified atom stereocenters. The molecule has 1 amide bonds. The number of rotatable bonds is 4. The van der Waals surface area contributed by atoms with Gasteiger partial charge in [0.15, 0.2) is 5.96 Å². The Hall–Kier alpha value is -1.51. The topological polar surface area (TPSA) is 66.0 Å². The maximum atomic E-state index is 11.7. The van der Waals surface area contributed by atoms with Gasteiger partial charge in [-0.3, -0.25) is 10.3 Å². The van der Waals surface area contributed by atoms with Gasteiger partial charge in [0, 0.05) is 33.4 Å². The summed E-state index contributed by atoms with van der Waals surface area (Å²) < 4.78 is 5.22. The molecule has 0 bridgehead atoms. The predicted molar refractivity (Wildman–Crippen MR) is 110 cm³/mol. The predicted octanol–water partition coefficient (Wildman–Crippen LogP) is 3.33. The van der Waals surface area contributed by atoms with Crippen LogP contribution in [0, 0.1) is 0 Å². The normalized spacial score (nSPS) is 11.3. The monoisotopic (exact) mass is 448 g/mol. The Balaban J connectivity index is 0.00000529. The van der Waals surface area contributed by atoms with E-state index in [-0.39, 0.29) is 24.0 Å². The van der Waals surface area contributed by atoms with Gasteiger partial charge < -0.3 is 15.0 Å². The second-order valence-electron chi connectivity index (χ2n) is 6.44. The summed E-state index contributed by atoms with van der Waals surface area (Å²) in [6.45, 7) is 6.31. The number of guanidine groups is 1. The van der Waals surface area contributed by atoms with E-state index in [9.17, 15) is 4.79 Å². The number of carbonyl (C=O) groups is 1. The van der Waals surface area contributed by atoms with Crippen molar-refractivity contribution in [2.45, 2.75) is 32.8 Å². The molecule has 1 aromatic carbocycles. The van der Waals surface area contributed by atoms with E-state index < -0.39 is 11.7 Å². The maximum absolute atomic E-state index is 11.7. The van der Waals surface area contributed by atoms with Crippen LogP contribution in [0.15, 0.2) is 29.3 Å². The van der Waals surface area contributed by atoms with Crippen LogP contribution in [0.5, 0.6) is 0 Å². The number of anilines is 1. The van der Waals surface area contributed by atoms with Crippen molar-refractivity contribution < 1.29 is 9.53 Å². The molecule has 0 aliphatic carbocycles. The first-order valence-electron chi connectivity index (χ1n) is 7.68. The van der Waals surface area contributed by atoms with E-state index in [1.807, 2.05) is 64.0 Å². The van der Waals surface area contributed by atoms with Crippen LogP contribution in [0.1, 0.15) is 26.3 Å². The lowest BCUT2D eigenvalue weighted by atomic mass is 10.1. The first-order valence-corrected chi connectivity index (χ1v) is 7.68. The van der Waals surface area contributed by atoms with Gasteiger partial charge >= 0.3 is 6.09 Å². The van der Waals surface area contributed by atoms with E-state index in [0.717, 1.165) is 24.6 Å². The van der Waals surface area contributed by atoms with Gasteiger partial charge in [-0.2, -0.15) is 0 Å². The number of nitrogens with zero attached hydrogens (tertiary/aromatic N) is 2. The summed E-state index contributed by atoms with van der Waals surface area (Å²) in [5, 5.41) is 6.00. The SMILES string of the molecule is CN=C(NCCc1ccc(NC(=O)OC(C)(C)C)cc1)N(C)C.I. The van der Waals surface area contributed by atoms with Crippen LogP contribution < -0.4 is 10.6 Å². The van der Waals surface area contributed by atoms with Crippen LogP contribution in [-0.2, 0) is 11.2 Å². The zero-order chi connectivity index (χ0) is 17.5. The van der Waals surface area contributed by atoms with Crippen LogP contribution in [-0.4, -0.2) is 50.2 Å². The van der Waals surface area contributed by atoms with Gasteiger partial charge in [0.05, 0.1) is 0 Å². The smallest absolute Gasteiger partial charge is 0.412 e. The molecule has 0 aromatic heterocycles. The van der Waals surface area contributed by atoms with Gasteiger partial charge in [0.1, 0.15) is 5.60 Å². The minimum absolute atomic E-state index is 0. The second-order valence-corrected chi connectivity index (χ2v) is 6.44. The molecule has 2 N–H and O–H groups in total. The van der Waals surface area contributed by atoms with Gasteiger partial charge in [-0.05, 0) is 44.9 Å². The Bertz CT molecular complexity index is 537.